The second-order valence-corrected chi connectivity index (χ2v) is 9.26. The lowest BCUT2D eigenvalue weighted by Crippen LogP contribution is -2.18. The molecule has 1 atom stereocenters. The molecule has 1 unspecified atom stereocenters. The van der Waals surface area contributed by atoms with E-state index in [4.69, 9.17) is 11.6 Å². The number of nitrogens with zero attached hydrogens (tertiary/aromatic N) is 3. The number of hydrogen-bond donors (Lipinski definition) is 1. The van der Waals surface area contributed by atoms with Crippen LogP contribution in [0.1, 0.15) is 38.8 Å². The van der Waals surface area contributed by atoms with Gasteiger partial charge in [-0.25, -0.2) is 4.98 Å². The number of aromatic amines is 1. The first kappa shape index (κ1) is 20.4. The third-order valence-electron chi connectivity index (χ3n) is 5.27. The van der Waals surface area contributed by atoms with Crippen molar-refractivity contribution in [1.82, 2.24) is 14.6 Å². The molecule has 0 aliphatic rings. The van der Waals surface area contributed by atoms with Crippen molar-refractivity contribution in [3.05, 3.63) is 75.3 Å². The fourth-order valence-corrected chi connectivity index (χ4v) is 3.72. The van der Waals surface area contributed by atoms with Gasteiger partial charge in [0.15, 0.2) is 0 Å². The van der Waals surface area contributed by atoms with E-state index >= 15 is 0 Å². The van der Waals surface area contributed by atoms with Crippen molar-refractivity contribution in [3.63, 3.8) is 0 Å². The van der Waals surface area contributed by atoms with Crippen molar-refractivity contribution in [2.24, 2.45) is 11.0 Å². The molecule has 0 aliphatic carbocycles. The van der Waals surface area contributed by atoms with Gasteiger partial charge in [0.2, 0.25) is 0 Å². The standard InChI is InChI=1S/C24H25ClN4O/c1-15(11-16-5-7-17(8-6-16)24(2,3)4)13-27-29-14-26-21-19-12-18(25)9-10-20(19)28-22(21)23(29)30/h5-10,12-15,28H,11H2,1-4H3. The van der Waals surface area contributed by atoms with Crippen LogP contribution in [0.15, 0.2) is 58.7 Å². The SMILES string of the molecule is CC(C=Nn1cnc2c([nH]c3ccc(Cl)cc32)c1=O)Cc1ccc(C(C)(C)C)cc1. The van der Waals surface area contributed by atoms with Crippen molar-refractivity contribution in [2.75, 3.05) is 0 Å². The smallest absolute Gasteiger partial charge is 0.298 e. The quantitative estimate of drug-likeness (QED) is 0.440. The van der Waals surface area contributed by atoms with Crippen LogP contribution in [0, 0.1) is 5.92 Å². The number of fused-ring (bicyclic) bond motifs is 3. The maximum atomic E-state index is 12.8. The Kier molecular flexibility index (Phi) is 5.24. The second-order valence-electron chi connectivity index (χ2n) is 8.83. The van der Waals surface area contributed by atoms with Crippen LogP contribution in [0.3, 0.4) is 0 Å². The summed E-state index contributed by atoms with van der Waals surface area (Å²) < 4.78 is 1.28. The van der Waals surface area contributed by atoms with E-state index in [0.717, 1.165) is 17.3 Å². The first-order chi connectivity index (χ1) is 14.2. The van der Waals surface area contributed by atoms with Crippen LogP contribution >= 0.6 is 11.6 Å². The Hall–Kier alpha value is -2.92. The van der Waals surface area contributed by atoms with Gasteiger partial charge in [-0.3, -0.25) is 4.79 Å². The van der Waals surface area contributed by atoms with Crippen LogP contribution in [0.5, 0.6) is 0 Å². The number of aromatic nitrogens is 3. The van der Waals surface area contributed by atoms with Crippen molar-refractivity contribution < 1.29 is 0 Å². The molecule has 1 N–H and O–H groups in total. The molecule has 2 aromatic carbocycles. The molecule has 30 heavy (non-hydrogen) atoms. The van der Waals surface area contributed by atoms with Crippen molar-refractivity contribution in [3.8, 4) is 0 Å². The Morgan fingerprint density at radius 1 is 1.20 bits per heavy atom. The first-order valence-corrected chi connectivity index (χ1v) is 10.4. The summed E-state index contributed by atoms with van der Waals surface area (Å²) in [5, 5.41) is 5.81. The molecule has 4 aromatic rings. The zero-order valence-corrected chi connectivity index (χ0v) is 18.4. The number of benzene rings is 2. The minimum absolute atomic E-state index is 0.145. The zero-order chi connectivity index (χ0) is 21.5. The highest BCUT2D eigenvalue weighted by atomic mass is 35.5. The summed E-state index contributed by atoms with van der Waals surface area (Å²) in [5.41, 5.74) is 4.34. The van der Waals surface area contributed by atoms with Crippen molar-refractivity contribution in [1.29, 1.82) is 0 Å². The van der Waals surface area contributed by atoms with Crippen LogP contribution in [-0.4, -0.2) is 20.9 Å². The topological polar surface area (TPSA) is 63.0 Å². The number of halogens is 1. The predicted molar refractivity (Wildman–Crippen MR) is 125 cm³/mol. The monoisotopic (exact) mass is 420 g/mol. The fourth-order valence-electron chi connectivity index (χ4n) is 3.55. The molecule has 4 rings (SSSR count). The summed E-state index contributed by atoms with van der Waals surface area (Å²) in [7, 11) is 0. The first-order valence-electron chi connectivity index (χ1n) is 10.0. The van der Waals surface area contributed by atoms with Gasteiger partial charge in [-0.05, 0) is 47.1 Å². The van der Waals surface area contributed by atoms with Gasteiger partial charge in [-0.1, -0.05) is 63.6 Å². The third kappa shape index (κ3) is 4.03. The Morgan fingerprint density at radius 3 is 2.63 bits per heavy atom. The molecule has 6 heteroatoms. The lowest BCUT2D eigenvalue weighted by atomic mass is 9.86. The van der Waals surface area contributed by atoms with Gasteiger partial charge in [0.25, 0.3) is 5.56 Å². The molecule has 0 saturated heterocycles. The second kappa shape index (κ2) is 7.73. The summed E-state index contributed by atoms with van der Waals surface area (Å²) >= 11 is 6.08. The van der Waals surface area contributed by atoms with Gasteiger partial charge in [0.1, 0.15) is 17.4 Å². The third-order valence-corrected chi connectivity index (χ3v) is 5.51. The molecular weight excluding hydrogens is 396 g/mol. The highest BCUT2D eigenvalue weighted by molar-refractivity contribution is 6.31. The number of nitrogens with one attached hydrogen (secondary N) is 1. The Morgan fingerprint density at radius 2 is 1.93 bits per heavy atom. The normalized spacial score (nSPS) is 13.5. The van der Waals surface area contributed by atoms with Gasteiger partial charge in [0, 0.05) is 22.1 Å². The predicted octanol–water partition coefficient (Wildman–Crippen LogP) is 5.54. The Labute approximate surface area is 180 Å². The van der Waals surface area contributed by atoms with Crippen LogP contribution < -0.4 is 5.56 Å². The molecule has 2 heterocycles. The molecule has 0 aliphatic heterocycles. The molecule has 0 fully saturated rings. The molecule has 0 radical (unpaired) electrons. The average molecular weight is 421 g/mol. The van der Waals surface area contributed by atoms with E-state index in [2.05, 4.69) is 67.0 Å². The van der Waals surface area contributed by atoms with E-state index < -0.39 is 0 Å². The van der Waals surface area contributed by atoms with E-state index in [9.17, 15) is 4.79 Å². The van der Waals surface area contributed by atoms with Crippen LogP contribution in [0.2, 0.25) is 5.02 Å². The lowest BCUT2D eigenvalue weighted by Gasteiger charge is -2.19. The maximum absolute atomic E-state index is 12.8. The highest BCUT2D eigenvalue weighted by Gasteiger charge is 2.13. The molecule has 2 aromatic heterocycles. The summed E-state index contributed by atoms with van der Waals surface area (Å²) in [6.45, 7) is 8.72. The molecular formula is C24H25ClN4O. The van der Waals surface area contributed by atoms with E-state index in [1.54, 1.807) is 12.3 Å². The van der Waals surface area contributed by atoms with E-state index in [-0.39, 0.29) is 16.9 Å². The van der Waals surface area contributed by atoms with E-state index in [1.165, 1.54) is 22.1 Å². The zero-order valence-electron chi connectivity index (χ0n) is 17.6. The van der Waals surface area contributed by atoms with Gasteiger partial charge < -0.3 is 4.98 Å². The van der Waals surface area contributed by atoms with Crippen LogP contribution in [-0.2, 0) is 11.8 Å². The molecule has 0 bridgehead atoms. The molecule has 0 spiro atoms. The van der Waals surface area contributed by atoms with E-state index in [1.807, 2.05) is 12.1 Å². The average Bonchev–Trinajstić information content (AvgIpc) is 3.06. The highest BCUT2D eigenvalue weighted by Crippen LogP contribution is 2.25. The lowest BCUT2D eigenvalue weighted by molar-refractivity contribution is 0.589. The van der Waals surface area contributed by atoms with Gasteiger partial charge in [-0.15, -0.1) is 0 Å². The minimum atomic E-state index is -0.231. The molecule has 5 nitrogen and oxygen atoms in total. The minimum Gasteiger partial charge on any atom is -0.349 e. The maximum Gasteiger partial charge on any atom is 0.298 e. The van der Waals surface area contributed by atoms with Gasteiger partial charge >= 0.3 is 0 Å². The molecule has 154 valence electrons. The largest absolute Gasteiger partial charge is 0.349 e. The summed E-state index contributed by atoms with van der Waals surface area (Å²) in [5.74, 6) is 0.176. The Balaban J connectivity index is 1.55. The van der Waals surface area contributed by atoms with Crippen LogP contribution in [0.25, 0.3) is 21.9 Å². The Bertz CT molecular complexity index is 1290. The summed E-state index contributed by atoms with van der Waals surface area (Å²) in [6.07, 6.45) is 4.11. The van der Waals surface area contributed by atoms with Gasteiger partial charge in [-0.2, -0.15) is 9.78 Å². The fraction of sp³-hybridized carbons (Fsp3) is 0.292. The number of rotatable bonds is 4. The van der Waals surface area contributed by atoms with Crippen molar-refractivity contribution in [2.45, 2.75) is 39.5 Å². The number of hydrogen-bond acceptors (Lipinski definition) is 3. The number of H-pyrrole nitrogens is 1. The molecule has 0 amide bonds. The summed E-state index contributed by atoms with van der Waals surface area (Å²) in [6, 6.07) is 14.1. The molecule has 0 saturated carbocycles. The van der Waals surface area contributed by atoms with Gasteiger partial charge in [0.05, 0.1) is 0 Å². The van der Waals surface area contributed by atoms with Crippen molar-refractivity contribution >= 4 is 39.8 Å². The summed E-state index contributed by atoms with van der Waals surface area (Å²) in [4.78, 5) is 20.4. The van der Waals surface area contributed by atoms with Crippen LogP contribution in [0.4, 0.5) is 0 Å². The van der Waals surface area contributed by atoms with E-state index in [0.29, 0.717) is 16.1 Å².